The van der Waals surface area contributed by atoms with Crippen LogP contribution in [-0.2, 0) is 0 Å². The van der Waals surface area contributed by atoms with E-state index in [2.05, 4.69) is 45.3 Å². The minimum absolute atomic E-state index is 0.199. The third kappa shape index (κ3) is 3.26. The Balaban J connectivity index is 2.18. The molecule has 1 atom stereocenters. The maximum absolute atomic E-state index is 5.24. The van der Waals surface area contributed by atoms with Crippen LogP contribution in [-0.4, -0.2) is 12.1 Å². The lowest BCUT2D eigenvalue weighted by Gasteiger charge is -2.17. The summed E-state index contributed by atoms with van der Waals surface area (Å²) in [5.41, 5.74) is 3.25. The van der Waals surface area contributed by atoms with Crippen LogP contribution in [0.2, 0.25) is 0 Å². The monoisotopic (exact) mass is 320 g/mol. The lowest BCUT2D eigenvalue weighted by atomic mass is 10.1. The Morgan fingerprint density at radius 1 is 1.32 bits per heavy atom. The summed E-state index contributed by atoms with van der Waals surface area (Å²) in [6.07, 6.45) is 1.80. The van der Waals surface area contributed by atoms with Gasteiger partial charge in [-0.1, -0.05) is 6.07 Å². The standard InChI is InChI=1S/C15H17BrN2O/c1-10(18-14-5-4-8-17-11(14)2)12-6-7-15(19-3)13(16)9-12/h4-10,18H,1-3H3. The second-order valence-corrected chi connectivity index (χ2v) is 5.25. The van der Waals surface area contributed by atoms with Gasteiger partial charge in [-0.3, -0.25) is 4.98 Å². The van der Waals surface area contributed by atoms with Crippen LogP contribution in [0.1, 0.15) is 24.2 Å². The largest absolute Gasteiger partial charge is 0.496 e. The molecule has 0 aliphatic heterocycles. The van der Waals surface area contributed by atoms with E-state index in [0.29, 0.717) is 0 Å². The predicted octanol–water partition coefficient (Wildman–Crippen LogP) is 4.33. The lowest BCUT2D eigenvalue weighted by Crippen LogP contribution is -2.08. The summed E-state index contributed by atoms with van der Waals surface area (Å²) in [5, 5.41) is 3.47. The van der Waals surface area contributed by atoms with E-state index in [1.165, 1.54) is 5.56 Å². The highest BCUT2D eigenvalue weighted by Crippen LogP contribution is 2.29. The molecule has 100 valence electrons. The second-order valence-electron chi connectivity index (χ2n) is 4.40. The van der Waals surface area contributed by atoms with E-state index in [-0.39, 0.29) is 6.04 Å². The van der Waals surface area contributed by atoms with Crippen molar-refractivity contribution in [1.29, 1.82) is 0 Å². The maximum Gasteiger partial charge on any atom is 0.133 e. The molecule has 2 rings (SSSR count). The number of aryl methyl sites for hydroxylation is 1. The summed E-state index contributed by atoms with van der Waals surface area (Å²) < 4.78 is 6.20. The van der Waals surface area contributed by atoms with Crippen LogP contribution in [0.4, 0.5) is 5.69 Å². The first-order valence-corrected chi connectivity index (χ1v) is 6.92. The van der Waals surface area contributed by atoms with Crippen LogP contribution >= 0.6 is 15.9 Å². The highest BCUT2D eigenvalue weighted by Gasteiger charge is 2.09. The molecule has 0 amide bonds. The number of nitrogens with one attached hydrogen (secondary N) is 1. The third-order valence-electron chi connectivity index (χ3n) is 3.05. The average Bonchev–Trinajstić information content (AvgIpc) is 2.41. The van der Waals surface area contributed by atoms with E-state index in [4.69, 9.17) is 4.74 Å². The molecule has 0 spiro atoms. The first kappa shape index (κ1) is 13.9. The SMILES string of the molecule is COc1ccc(C(C)Nc2cccnc2C)cc1Br. The van der Waals surface area contributed by atoms with Crippen molar-refractivity contribution in [2.75, 3.05) is 12.4 Å². The molecule has 3 nitrogen and oxygen atoms in total. The van der Waals surface area contributed by atoms with Crippen molar-refractivity contribution in [3.8, 4) is 5.75 Å². The average molecular weight is 321 g/mol. The molecule has 0 saturated carbocycles. The van der Waals surface area contributed by atoms with Gasteiger partial charge in [0.05, 0.1) is 23.0 Å². The van der Waals surface area contributed by atoms with Crippen LogP contribution in [0.15, 0.2) is 41.0 Å². The second kappa shape index (κ2) is 6.06. The smallest absolute Gasteiger partial charge is 0.133 e. The summed E-state index contributed by atoms with van der Waals surface area (Å²) >= 11 is 3.51. The van der Waals surface area contributed by atoms with Crippen molar-refractivity contribution in [1.82, 2.24) is 4.98 Å². The van der Waals surface area contributed by atoms with Crippen molar-refractivity contribution < 1.29 is 4.74 Å². The molecule has 0 radical (unpaired) electrons. The number of hydrogen-bond donors (Lipinski definition) is 1. The lowest BCUT2D eigenvalue weighted by molar-refractivity contribution is 0.412. The molecule has 0 aliphatic carbocycles. The molecule has 1 aromatic heterocycles. The zero-order valence-corrected chi connectivity index (χ0v) is 12.9. The number of ether oxygens (including phenoxy) is 1. The molecule has 1 unspecified atom stereocenters. The van der Waals surface area contributed by atoms with Gasteiger partial charge in [-0.15, -0.1) is 0 Å². The Labute approximate surface area is 122 Å². The van der Waals surface area contributed by atoms with Crippen molar-refractivity contribution >= 4 is 21.6 Å². The maximum atomic E-state index is 5.24. The van der Waals surface area contributed by atoms with Gasteiger partial charge in [-0.05, 0) is 59.6 Å². The topological polar surface area (TPSA) is 34.1 Å². The van der Waals surface area contributed by atoms with E-state index in [0.717, 1.165) is 21.6 Å². The van der Waals surface area contributed by atoms with Crippen LogP contribution in [0.3, 0.4) is 0 Å². The first-order chi connectivity index (χ1) is 9.11. The Kier molecular flexibility index (Phi) is 4.43. The Bertz CT molecular complexity index is 572. The van der Waals surface area contributed by atoms with Gasteiger partial charge in [0, 0.05) is 12.2 Å². The Morgan fingerprint density at radius 2 is 2.11 bits per heavy atom. The molecular weight excluding hydrogens is 304 g/mol. The fourth-order valence-corrected chi connectivity index (χ4v) is 2.46. The van der Waals surface area contributed by atoms with Crippen LogP contribution < -0.4 is 10.1 Å². The Hall–Kier alpha value is -1.55. The normalized spacial score (nSPS) is 12.0. The van der Waals surface area contributed by atoms with Crippen molar-refractivity contribution in [2.45, 2.75) is 19.9 Å². The number of pyridine rings is 1. The molecule has 1 aromatic carbocycles. The number of methoxy groups -OCH3 is 1. The molecule has 0 bridgehead atoms. The fraction of sp³-hybridized carbons (Fsp3) is 0.267. The number of rotatable bonds is 4. The van der Waals surface area contributed by atoms with Crippen LogP contribution in [0.5, 0.6) is 5.75 Å². The van der Waals surface area contributed by atoms with E-state index in [1.54, 1.807) is 13.3 Å². The summed E-state index contributed by atoms with van der Waals surface area (Å²) in [5.74, 6) is 0.841. The molecule has 0 aliphatic rings. The summed E-state index contributed by atoms with van der Waals surface area (Å²) in [7, 11) is 1.67. The zero-order valence-electron chi connectivity index (χ0n) is 11.3. The van der Waals surface area contributed by atoms with Crippen LogP contribution in [0, 0.1) is 6.92 Å². The molecule has 1 heterocycles. The Morgan fingerprint density at radius 3 is 2.74 bits per heavy atom. The minimum Gasteiger partial charge on any atom is -0.496 e. The quantitative estimate of drug-likeness (QED) is 0.910. The van der Waals surface area contributed by atoms with E-state index in [1.807, 2.05) is 25.1 Å². The van der Waals surface area contributed by atoms with Gasteiger partial charge in [0.2, 0.25) is 0 Å². The fourth-order valence-electron chi connectivity index (χ4n) is 1.91. The highest BCUT2D eigenvalue weighted by atomic mass is 79.9. The molecule has 0 fully saturated rings. The van der Waals surface area contributed by atoms with Crippen molar-refractivity contribution in [2.24, 2.45) is 0 Å². The van der Waals surface area contributed by atoms with E-state index in [9.17, 15) is 0 Å². The number of anilines is 1. The highest BCUT2D eigenvalue weighted by molar-refractivity contribution is 9.10. The van der Waals surface area contributed by atoms with Gasteiger partial charge < -0.3 is 10.1 Å². The van der Waals surface area contributed by atoms with Gasteiger partial charge in [0.25, 0.3) is 0 Å². The van der Waals surface area contributed by atoms with Crippen molar-refractivity contribution in [3.05, 3.63) is 52.3 Å². The molecule has 2 aromatic rings. The summed E-state index contributed by atoms with van der Waals surface area (Å²) in [4.78, 5) is 4.28. The van der Waals surface area contributed by atoms with Gasteiger partial charge in [0.1, 0.15) is 5.75 Å². The summed E-state index contributed by atoms with van der Waals surface area (Å²) in [6, 6.07) is 10.3. The van der Waals surface area contributed by atoms with Crippen LogP contribution in [0.25, 0.3) is 0 Å². The molecule has 0 saturated heterocycles. The van der Waals surface area contributed by atoms with Gasteiger partial charge >= 0.3 is 0 Å². The van der Waals surface area contributed by atoms with Gasteiger partial charge in [-0.2, -0.15) is 0 Å². The molecular formula is C15H17BrN2O. The first-order valence-electron chi connectivity index (χ1n) is 6.13. The van der Waals surface area contributed by atoms with E-state index < -0.39 is 0 Å². The molecule has 1 N–H and O–H groups in total. The molecule has 19 heavy (non-hydrogen) atoms. The number of halogens is 1. The van der Waals surface area contributed by atoms with Gasteiger partial charge in [-0.25, -0.2) is 0 Å². The number of aromatic nitrogens is 1. The predicted molar refractivity (Wildman–Crippen MR) is 81.7 cm³/mol. The summed E-state index contributed by atoms with van der Waals surface area (Å²) in [6.45, 7) is 4.12. The van der Waals surface area contributed by atoms with Crippen molar-refractivity contribution in [3.63, 3.8) is 0 Å². The number of nitrogens with zero attached hydrogens (tertiary/aromatic N) is 1. The minimum atomic E-state index is 0.199. The van der Waals surface area contributed by atoms with Gasteiger partial charge in [0.15, 0.2) is 0 Å². The third-order valence-corrected chi connectivity index (χ3v) is 3.67. The molecule has 4 heteroatoms. The number of benzene rings is 1. The van der Waals surface area contributed by atoms with E-state index >= 15 is 0 Å². The zero-order chi connectivity index (χ0) is 13.8. The number of hydrogen-bond acceptors (Lipinski definition) is 3.